The van der Waals surface area contributed by atoms with E-state index < -0.39 is 48.7 Å². The minimum atomic E-state index is -4.21. The van der Waals surface area contributed by atoms with Crippen molar-refractivity contribution in [1.29, 1.82) is 0 Å². The van der Waals surface area contributed by atoms with E-state index in [9.17, 15) is 38.4 Å². The van der Waals surface area contributed by atoms with Crippen LogP contribution in [0.5, 0.6) is 0 Å². The lowest BCUT2D eigenvalue weighted by Crippen LogP contribution is -2.28. The van der Waals surface area contributed by atoms with Crippen molar-refractivity contribution < 1.29 is 52.6 Å². The van der Waals surface area contributed by atoms with Gasteiger partial charge in [-0.15, -0.1) is 0 Å². The second-order valence-corrected chi connectivity index (χ2v) is 26.4. The molecule has 4 aliphatic rings. The molecule has 15 nitrogen and oxygen atoms in total. The zero-order valence-electron chi connectivity index (χ0n) is 46.8. The summed E-state index contributed by atoms with van der Waals surface area (Å²) in [5.41, 5.74) is 9.36. The summed E-state index contributed by atoms with van der Waals surface area (Å²) in [5, 5.41) is 10.2. The summed E-state index contributed by atoms with van der Waals surface area (Å²) >= 11 is 0. The Hall–Kier alpha value is -5.88. The zero-order valence-corrected chi connectivity index (χ0v) is 49.2. The molecule has 3 atom stereocenters. The van der Waals surface area contributed by atoms with Crippen LogP contribution in [-0.2, 0) is 44.3 Å². The molecule has 436 valence electrons. The average Bonchev–Trinajstić information content (AvgIpc) is 3.92. The molecule has 21 heteroatoms. The predicted molar refractivity (Wildman–Crippen MR) is 310 cm³/mol. The van der Waals surface area contributed by atoms with Gasteiger partial charge in [-0.1, -0.05) is 91.0 Å². The largest absolute Gasteiger partial charge is 0.389 e. The van der Waals surface area contributed by atoms with Crippen LogP contribution in [-0.4, -0.2) is 105 Å². The number of aryl methyl sites for hydroxylation is 3. The molecule has 4 aliphatic heterocycles. The second-order valence-electron chi connectivity index (χ2n) is 20.6. The molecule has 0 spiro atoms. The second kappa shape index (κ2) is 26.1. The predicted octanol–water partition coefficient (Wildman–Crippen LogP) is 10.4. The fourth-order valence-corrected chi connectivity index (χ4v) is 15.2. The van der Waals surface area contributed by atoms with E-state index in [0.717, 1.165) is 96.5 Å². The van der Waals surface area contributed by atoms with Gasteiger partial charge < -0.3 is 30.2 Å². The molecule has 1 fully saturated rings. The average molecular weight is 1180 g/mol. The molecule has 1 saturated heterocycles. The van der Waals surface area contributed by atoms with Crippen LogP contribution in [0.25, 0.3) is 0 Å². The van der Waals surface area contributed by atoms with Crippen LogP contribution >= 0.6 is 0 Å². The van der Waals surface area contributed by atoms with Gasteiger partial charge in [0.1, 0.15) is 0 Å². The molecule has 3 N–H and O–H groups in total. The van der Waals surface area contributed by atoms with Gasteiger partial charge in [-0.2, -0.15) is 13.2 Å². The minimum Gasteiger partial charge on any atom is -0.385 e. The maximum Gasteiger partial charge on any atom is 0.389 e. The standard InChI is InChI=1S/C22H28N2O4S.C19H21F3N2O2S.C19H24N2O3S/c1-16-10-11-18-20(15-16)29(25,26)24(2)19-8-4-3-7-17(19)22(18)23-12-5-9-21-27-13-6-14-28-21;1-13-8-9-15-17(12-13)27(25,26)24(2)16-7-4-3-6-14(16)18(15)23-11-5-10-19(20,21)22;1-14-9-10-16-18(13-14)25(22,23)21(2)17-8-5-4-7-15(17)19(16)20-11-6-12-24-3/h3-4,7-8,10-11,15,21-23H,5-6,9,12-14H2,1-2H3;3-4,6-9,12,18,23H,5,10-11H2,1-2H3;4-5,7-10,13,19-20H,6,11-12H2,1-3H3. The van der Waals surface area contributed by atoms with Gasteiger partial charge in [-0.25, -0.2) is 25.3 Å². The Balaban J connectivity index is 0.000000160. The van der Waals surface area contributed by atoms with Crippen LogP contribution in [0.1, 0.15) is 107 Å². The summed E-state index contributed by atoms with van der Waals surface area (Å²) in [7, 11) is -4.56. The number of rotatable bonds is 14. The highest BCUT2D eigenvalue weighted by atomic mass is 32.2. The molecule has 0 bridgehead atoms. The summed E-state index contributed by atoms with van der Waals surface area (Å²) in [4.78, 5) is 0.914. The first-order valence-electron chi connectivity index (χ1n) is 27.1. The molecule has 0 amide bonds. The first-order valence-corrected chi connectivity index (χ1v) is 31.4. The van der Waals surface area contributed by atoms with Crippen LogP contribution in [0.15, 0.2) is 142 Å². The number of benzene rings is 6. The molecular weight excluding hydrogens is 1100 g/mol. The third-order valence-corrected chi connectivity index (χ3v) is 20.3. The molecule has 6 aromatic carbocycles. The van der Waals surface area contributed by atoms with E-state index in [1.54, 1.807) is 76.7 Å². The van der Waals surface area contributed by atoms with Gasteiger partial charge in [0.05, 0.1) is 63.1 Å². The number of ether oxygens (including phenoxy) is 3. The number of hydrogen-bond donors (Lipinski definition) is 3. The molecule has 4 heterocycles. The molecule has 0 radical (unpaired) electrons. The van der Waals surface area contributed by atoms with Crippen LogP contribution < -0.4 is 28.9 Å². The van der Waals surface area contributed by atoms with E-state index in [1.807, 2.05) is 92.7 Å². The first kappa shape index (κ1) is 61.2. The van der Waals surface area contributed by atoms with Crippen LogP contribution in [0.2, 0.25) is 0 Å². The molecule has 3 unspecified atom stereocenters. The van der Waals surface area contributed by atoms with Crippen molar-refractivity contribution in [3.63, 3.8) is 0 Å². The van der Waals surface area contributed by atoms with Crippen molar-refractivity contribution in [1.82, 2.24) is 16.0 Å². The quantitative estimate of drug-likeness (QED) is 0.0882. The van der Waals surface area contributed by atoms with Crippen molar-refractivity contribution in [2.24, 2.45) is 0 Å². The monoisotopic (exact) mass is 1170 g/mol. The highest BCUT2D eigenvalue weighted by Gasteiger charge is 2.38. The summed E-state index contributed by atoms with van der Waals surface area (Å²) in [6.45, 7) is 9.41. The van der Waals surface area contributed by atoms with Crippen LogP contribution in [0.4, 0.5) is 30.2 Å². The molecule has 81 heavy (non-hydrogen) atoms. The van der Waals surface area contributed by atoms with E-state index in [1.165, 1.54) is 20.0 Å². The van der Waals surface area contributed by atoms with E-state index in [4.69, 9.17) is 14.2 Å². The highest BCUT2D eigenvalue weighted by molar-refractivity contribution is 7.93. The lowest BCUT2D eigenvalue weighted by atomic mass is 9.96. The Kier molecular flexibility index (Phi) is 19.8. The van der Waals surface area contributed by atoms with Gasteiger partial charge >= 0.3 is 6.18 Å². The maximum absolute atomic E-state index is 13.3. The van der Waals surface area contributed by atoms with E-state index in [0.29, 0.717) is 39.0 Å². The molecule has 0 aliphatic carbocycles. The Morgan fingerprint density at radius 1 is 0.506 bits per heavy atom. The van der Waals surface area contributed by atoms with E-state index in [2.05, 4.69) is 16.0 Å². The van der Waals surface area contributed by atoms with Gasteiger partial charge in [0, 0.05) is 41.3 Å². The molecule has 0 saturated carbocycles. The fraction of sp³-hybridized carbons (Fsp3) is 0.400. The maximum atomic E-state index is 13.3. The summed E-state index contributed by atoms with van der Waals surface area (Å²) < 4.78 is 137. The Morgan fingerprint density at radius 2 is 0.852 bits per heavy atom. The van der Waals surface area contributed by atoms with Gasteiger partial charge in [-0.05, 0) is 159 Å². The highest BCUT2D eigenvalue weighted by Crippen LogP contribution is 2.43. The molecular formula is C60H73F3N6O9S3. The zero-order chi connectivity index (χ0) is 58.3. The number of nitrogens with one attached hydrogen (secondary N) is 3. The minimum absolute atomic E-state index is 0.0774. The topological polar surface area (TPSA) is 176 Å². The third-order valence-electron chi connectivity index (χ3n) is 14.8. The first-order chi connectivity index (χ1) is 38.6. The van der Waals surface area contributed by atoms with E-state index in [-0.39, 0.29) is 36.2 Å². The molecule has 6 aromatic rings. The summed E-state index contributed by atoms with van der Waals surface area (Å²) in [6, 6.07) is 38.0. The smallest absolute Gasteiger partial charge is 0.385 e. The Bertz CT molecular complexity index is 3510. The molecule has 0 aromatic heterocycles. The number of alkyl halides is 3. The molecule has 10 rings (SSSR count). The number of para-hydroxylation sites is 3. The van der Waals surface area contributed by atoms with Gasteiger partial charge in [0.15, 0.2) is 6.29 Å². The van der Waals surface area contributed by atoms with Crippen molar-refractivity contribution in [3.8, 4) is 0 Å². The van der Waals surface area contributed by atoms with E-state index >= 15 is 0 Å². The number of fused-ring (bicyclic) bond motifs is 6. The normalized spacial score (nSPS) is 19.5. The van der Waals surface area contributed by atoms with Crippen molar-refractivity contribution in [2.45, 2.75) is 105 Å². The number of nitrogens with zero attached hydrogens (tertiary/aromatic N) is 3. The fourth-order valence-electron chi connectivity index (χ4n) is 10.6. The number of hydrogen-bond acceptors (Lipinski definition) is 12. The van der Waals surface area contributed by atoms with Crippen LogP contribution in [0, 0.1) is 20.8 Å². The number of methoxy groups -OCH3 is 1. The summed E-state index contributed by atoms with van der Waals surface area (Å²) in [5.74, 6) is 0. The Labute approximate surface area is 476 Å². The Morgan fingerprint density at radius 3 is 1.21 bits per heavy atom. The summed E-state index contributed by atoms with van der Waals surface area (Å²) in [6.07, 6.45) is -1.78. The third kappa shape index (κ3) is 13.8. The van der Waals surface area contributed by atoms with Crippen molar-refractivity contribution in [2.75, 3.05) is 80.6 Å². The SMILES string of the molecule is COCCCNC1c2ccccc2N(C)S(=O)(=O)c2cc(C)ccc21.Cc1ccc2c(c1)S(=O)(=O)N(C)c1ccccc1C2NCCCC(F)(F)F.Cc1ccc2c(c1)S(=O)(=O)N(C)c1ccccc1C2NCCCC1OCCCO1. The van der Waals surface area contributed by atoms with Crippen LogP contribution in [0.3, 0.4) is 0 Å². The van der Waals surface area contributed by atoms with Gasteiger partial charge in [0.2, 0.25) is 0 Å². The number of anilines is 3. The lowest BCUT2D eigenvalue weighted by molar-refractivity contribution is -0.181. The number of halogens is 3. The van der Waals surface area contributed by atoms with Gasteiger partial charge in [0.25, 0.3) is 30.1 Å². The lowest BCUT2D eigenvalue weighted by Gasteiger charge is -2.24. The number of sulfonamides is 3. The van der Waals surface area contributed by atoms with Crippen molar-refractivity contribution in [3.05, 3.63) is 177 Å². The van der Waals surface area contributed by atoms with Gasteiger partial charge in [-0.3, -0.25) is 12.9 Å². The van der Waals surface area contributed by atoms with Crippen molar-refractivity contribution >= 4 is 47.1 Å².